The van der Waals surface area contributed by atoms with Crippen molar-refractivity contribution in [2.45, 2.75) is 20.0 Å². The molecule has 0 spiro atoms. The van der Waals surface area contributed by atoms with Gasteiger partial charge < -0.3 is 9.47 Å². The molecule has 0 saturated heterocycles. The molecule has 0 aromatic rings. The van der Waals surface area contributed by atoms with Gasteiger partial charge in [-0.15, -0.1) is 0 Å². The summed E-state index contributed by atoms with van der Waals surface area (Å²) in [5, 5.41) is 0. The quantitative estimate of drug-likeness (QED) is 0.553. The second kappa shape index (κ2) is 4.28. The van der Waals surface area contributed by atoms with Crippen molar-refractivity contribution < 1.29 is 14.3 Å². The Labute approximate surface area is 61.3 Å². The molecule has 0 aliphatic rings. The van der Waals surface area contributed by atoms with Crippen molar-refractivity contribution in [3.63, 3.8) is 0 Å². The molecule has 2 unspecified atom stereocenters. The van der Waals surface area contributed by atoms with E-state index in [1.807, 2.05) is 6.92 Å². The molecule has 0 radical (unpaired) electrons. The summed E-state index contributed by atoms with van der Waals surface area (Å²) in [6.07, 6.45) is -0.0764. The fourth-order valence-electron chi connectivity index (χ4n) is 0.582. The zero-order valence-corrected chi connectivity index (χ0v) is 6.88. The average molecular weight is 146 g/mol. The van der Waals surface area contributed by atoms with E-state index in [4.69, 9.17) is 4.74 Å². The summed E-state index contributed by atoms with van der Waals surface area (Å²) < 4.78 is 9.45. The lowest BCUT2D eigenvalue weighted by Crippen LogP contribution is -2.25. The number of ether oxygens (including phenoxy) is 2. The minimum atomic E-state index is -0.227. The molecule has 3 heteroatoms. The first-order valence-electron chi connectivity index (χ1n) is 3.24. The molecule has 10 heavy (non-hydrogen) atoms. The number of hydrogen-bond donors (Lipinski definition) is 0. The Morgan fingerprint density at radius 1 is 1.30 bits per heavy atom. The predicted octanol–water partition coefficient (Wildman–Crippen LogP) is 0.830. The van der Waals surface area contributed by atoms with Crippen LogP contribution >= 0.6 is 0 Å². The molecule has 0 aromatic heterocycles. The first-order valence-corrected chi connectivity index (χ1v) is 3.24. The SMILES string of the molecule is COC(=O)C(C)C(C)OC. The molecule has 0 amide bonds. The van der Waals surface area contributed by atoms with E-state index in [2.05, 4.69) is 4.74 Å². The maximum atomic E-state index is 10.8. The maximum absolute atomic E-state index is 10.8. The second-order valence-electron chi connectivity index (χ2n) is 2.25. The van der Waals surface area contributed by atoms with Crippen molar-refractivity contribution in [1.29, 1.82) is 0 Å². The second-order valence-corrected chi connectivity index (χ2v) is 2.25. The van der Waals surface area contributed by atoms with Gasteiger partial charge in [-0.25, -0.2) is 0 Å². The van der Waals surface area contributed by atoms with Gasteiger partial charge in [0.05, 0.1) is 19.1 Å². The molecular weight excluding hydrogens is 132 g/mol. The van der Waals surface area contributed by atoms with Crippen LogP contribution in [0.1, 0.15) is 13.8 Å². The van der Waals surface area contributed by atoms with E-state index in [1.54, 1.807) is 14.0 Å². The Bertz CT molecular complexity index is 111. The van der Waals surface area contributed by atoms with E-state index in [1.165, 1.54) is 7.11 Å². The largest absolute Gasteiger partial charge is 0.469 e. The standard InChI is InChI=1S/C7H14O3/c1-5(6(2)9-3)7(8)10-4/h5-6H,1-4H3. The third-order valence-electron chi connectivity index (χ3n) is 1.65. The van der Waals surface area contributed by atoms with Gasteiger partial charge in [0.25, 0.3) is 0 Å². The molecule has 0 N–H and O–H groups in total. The summed E-state index contributed by atoms with van der Waals surface area (Å²) in [6.45, 7) is 3.61. The van der Waals surface area contributed by atoms with Crippen molar-refractivity contribution in [2.24, 2.45) is 5.92 Å². The first-order chi connectivity index (χ1) is 4.63. The molecule has 0 aliphatic carbocycles. The summed E-state index contributed by atoms with van der Waals surface area (Å²) >= 11 is 0. The predicted molar refractivity (Wildman–Crippen MR) is 37.7 cm³/mol. The number of esters is 1. The van der Waals surface area contributed by atoms with Crippen LogP contribution in [-0.2, 0) is 14.3 Å². The first kappa shape index (κ1) is 9.43. The third-order valence-corrected chi connectivity index (χ3v) is 1.65. The summed E-state index contributed by atoms with van der Waals surface area (Å²) in [4.78, 5) is 10.8. The molecule has 0 aromatic carbocycles. The van der Waals surface area contributed by atoms with Crippen LogP contribution in [0.4, 0.5) is 0 Å². The molecule has 60 valence electrons. The summed E-state index contributed by atoms with van der Waals surface area (Å²) in [6, 6.07) is 0. The number of hydrogen-bond acceptors (Lipinski definition) is 3. The highest BCUT2D eigenvalue weighted by molar-refractivity contribution is 5.72. The van der Waals surface area contributed by atoms with Crippen LogP contribution in [0.25, 0.3) is 0 Å². The highest BCUT2D eigenvalue weighted by Crippen LogP contribution is 2.06. The lowest BCUT2D eigenvalue weighted by atomic mass is 10.1. The van der Waals surface area contributed by atoms with E-state index in [-0.39, 0.29) is 18.0 Å². The normalized spacial score (nSPS) is 16.0. The van der Waals surface area contributed by atoms with Crippen LogP contribution < -0.4 is 0 Å². The maximum Gasteiger partial charge on any atom is 0.311 e. The Morgan fingerprint density at radius 3 is 2.10 bits per heavy atom. The molecule has 0 heterocycles. The monoisotopic (exact) mass is 146 g/mol. The smallest absolute Gasteiger partial charge is 0.311 e. The Hall–Kier alpha value is -0.570. The number of carbonyl (C=O) groups excluding carboxylic acids is 1. The minimum Gasteiger partial charge on any atom is -0.469 e. The van der Waals surface area contributed by atoms with Crippen molar-refractivity contribution in [3.05, 3.63) is 0 Å². The number of carbonyl (C=O) groups is 1. The van der Waals surface area contributed by atoms with E-state index >= 15 is 0 Å². The lowest BCUT2D eigenvalue weighted by Gasteiger charge is -2.15. The van der Waals surface area contributed by atoms with Crippen LogP contribution in [0, 0.1) is 5.92 Å². The minimum absolute atomic E-state index is 0.0764. The number of rotatable bonds is 3. The molecule has 2 atom stereocenters. The fourth-order valence-corrected chi connectivity index (χ4v) is 0.582. The van der Waals surface area contributed by atoms with Gasteiger partial charge in [-0.1, -0.05) is 0 Å². The Kier molecular flexibility index (Phi) is 4.03. The van der Waals surface area contributed by atoms with Gasteiger partial charge in [0.2, 0.25) is 0 Å². The van der Waals surface area contributed by atoms with Crippen LogP contribution in [-0.4, -0.2) is 26.3 Å². The van der Waals surface area contributed by atoms with Crippen LogP contribution in [0.15, 0.2) is 0 Å². The van der Waals surface area contributed by atoms with Crippen LogP contribution in [0.5, 0.6) is 0 Å². The molecule has 0 saturated carbocycles. The van der Waals surface area contributed by atoms with Crippen LogP contribution in [0.2, 0.25) is 0 Å². The van der Waals surface area contributed by atoms with Gasteiger partial charge >= 0.3 is 5.97 Å². The summed E-state index contributed by atoms with van der Waals surface area (Å²) in [7, 11) is 2.95. The van der Waals surface area contributed by atoms with Crippen molar-refractivity contribution >= 4 is 5.97 Å². The van der Waals surface area contributed by atoms with Gasteiger partial charge in [-0.2, -0.15) is 0 Å². The van der Waals surface area contributed by atoms with E-state index in [0.29, 0.717) is 0 Å². The third kappa shape index (κ3) is 2.35. The van der Waals surface area contributed by atoms with E-state index < -0.39 is 0 Å². The lowest BCUT2D eigenvalue weighted by molar-refractivity contribution is -0.148. The van der Waals surface area contributed by atoms with E-state index in [0.717, 1.165) is 0 Å². The van der Waals surface area contributed by atoms with Crippen molar-refractivity contribution in [1.82, 2.24) is 0 Å². The number of methoxy groups -OCH3 is 2. The van der Waals surface area contributed by atoms with Gasteiger partial charge in [0, 0.05) is 7.11 Å². The molecule has 0 aliphatic heterocycles. The zero-order valence-electron chi connectivity index (χ0n) is 6.88. The molecular formula is C7H14O3. The van der Waals surface area contributed by atoms with Gasteiger partial charge in [0.1, 0.15) is 0 Å². The van der Waals surface area contributed by atoms with Gasteiger partial charge in [-0.3, -0.25) is 4.79 Å². The highest BCUT2D eigenvalue weighted by atomic mass is 16.5. The highest BCUT2D eigenvalue weighted by Gasteiger charge is 2.19. The molecule has 0 bridgehead atoms. The van der Waals surface area contributed by atoms with Crippen molar-refractivity contribution in [2.75, 3.05) is 14.2 Å². The van der Waals surface area contributed by atoms with Crippen molar-refractivity contribution in [3.8, 4) is 0 Å². The summed E-state index contributed by atoms with van der Waals surface area (Å²) in [5.74, 6) is -0.413. The molecule has 0 fully saturated rings. The van der Waals surface area contributed by atoms with Gasteiger partial charge in [0.15, 0.2) is 0 Å². The van der Waals surface area contributed by atoms with Crippen LogP contribution in [0.3, 0.4) is 0 Å². The zero-order chi connectivity index (χ0) is 8.15. The van der Waals surface area contributed by atoms with Gasteiger partial charge in [-0.05, 0) is 13.8 Å². The summed E-state index contributed by atoms with van der Waals surface area (Å²) in [5.41, 5.74) is 0. The Balaban J connectivity index is 3.81. The molecule has 3 nitrogen and oxygen atoms in total. The topological polar surface area (TPSA) is 35.5 Å². The Morgan fingerprint density at radius 2 is 1.80 bits per heavy atom. The average Bonchev–Trinajstić information content (AvgIpc) is 2.00. The van der Waals surface area contributed by atoms with E-state index in [9.17, 15) is 4.79 Å². The fraction of sp³-hybridized carbons (Fsp3) is 0.857. The molecule has 0 rings (SSSR count).